The number of rotatable bonds is 7. The largest absolute Gasteiger partial charge is 0.325 e. The van der Waals surface area contributed by atoms with E-state index in [0.29, 0.717) is 22.6 Å². The molecule has 1 heterocycles. The second-order valence-electron chi connectivity index (χ2n) is 8.74. The quantitative estimate of drug-likeness (QED) is 0.265. The topological polar surface area (TPSA) is 64.0 Å². The van der Waals surface area contributed by atoms with Crippen molar-refractivity contribution in [2.24, 2.45) is 0 Å². The Hall–Kier alpha value is -2.86. The van der Waals surface area contributed by atoms with Crippen LogP contribution in [-0.4, -0.2) is 20.7 Å². The molecule has 0 bridgehead atoms. The second-order valence-corrected chi connectivity index (χ2v) is 10.1. The number of benzene rings is 2. The van der Waals surface area contributed by atoms with Crippen molar-refractivity contribution < 1.29 is 4.79 Å². The number of nitrogens with one attached hydrogen (secondary N) is 1. The molecule has 1 atom stereocenters. The highest BCUT2D eigenvalue weighted by atomic mass is 32.2. The Kier molecular flexibility index (Phi) is 7.33. The van der Waals surface area contributed by atoms with Crippen LogP contribution in [0.15, 0.2) is 64.1 Å². The van der Waals surface area contributed by atoms with Gasteiger partial charge in [-0.05, 0) is 76.1 Å². The van der Waals surface area contributed by atoms with Crippen molar-refractivity contribution in [2.45, 2.75) is 69.8 Å². The number of aryl methyl sites for hydroxylation is 2. The number of hydrogen-bond acceptors (Lipinski definition) is 4. The van der Waals surface area contributed by atoms with E-state index in [1.54, 1.807) is 4.57 Å². The number of aromatic nitrogens is 2. The van der Waals surface area contributed by atoms with E-state index < -0.39 is 5.25 Å². The summed E-state index contributed by atoms with van der Waals surface area (Å²) >= 11 is 1.35. The molecular formula is C27H31N3O2S. The Morgan fingerprint density at radius 2 is 1.88 bits per heavy atom. The van der Waals surface area contributed by atoms with E-state index in [-0.39, 0.29) is 11.5 Å². The first-order chi connectivity index (χ1) is 15.9. The van der Waals surface area contributed by atoms with Gasteiger partial charge in [0.25, 0.3) is 5.56 Å². The predicted molar refractivity (Wildman–Crippen MR) is 137 cm³/mol. The fraction of sp³-hybridized carbons (Fsp3) is 0.370. The molecule has 0 saturated carbocycles. The van der Waals surface area contributed by atoms with Gasteiger partial charge in [-0.3, -0.25) is 14.2 Å². The van der Waals surface area contributed by atoms with E-state index in [1.807, 2.05) is 63.2 Å². The van der Waals surface area contributed by atoms with Gasteiger partial charge in [-0.1, -0.05) is 53.7 Å². The van der Waals surface area contributed by atoms with Crippen molar-refractivity contribution in [3.63, 3.8) is 0 Å². The number of allylic oxidation sites excluding steroid dienone is 2. The monoisotopic (exact) mass is 461 g/mol. The van der Waals surface area contributed by atoms with Gasteiger partial charge in [0.1, 0.15) is 0 Å². The van der Waals surface area contributed by atoms with Gasteiger partial charge in [-0.2, -0.15) is 0 Å². The molecule has 1 N–H and O–H groups in total. The lowest BCUT2D eigenvalue weighted by molar-refractivity contribution is -0.115. The average molecular weight is 462 g/mol. The zero-order valence-electron chi connectivity index (χ0n) is 19.6. The van der Waals surface area contributed by atoms with Crippen LogP contribution in [0.1, 0.15) is 50.2 Å². The van der Waals surface area contributed by atoms with Crippen LogP contribution in [0.5, 0.6) is 0 Å². The molecule has 172 valence electrons. The van der Waals surface area contributed by atoms with Gasteiger partial charge in [0, 0.05) is 12.2 Å². The number of para-hydroxylation sites is 2. The molecule has 0 aliphatic heterocycles. The van der Waals surface area contributed by atoms with Crippen LogP contribution in [0.25, 0.3) is 10.9 Å². The first-order valence-corrected chi connectivity index (χ1v) is 12.5. The molecule has 4 rings (SSSR count). The molecule has 2 aromatic carbocycles. The highest BCUT2D eigenvalue weighted by Gasteiger charge is 2.21. The highest BCUT2D eigenvalue weighted by Crippen LogP contribution is 2.27. The number of carbonyl (C=O) groups is 1. The molecule has 1 aromatic heterocycles. The third-order valence-corrected chi connectivity index (χ3v) is 7.34. The van der Waals surface area contributed by atoms with E-state index in [1.165, 1.54) is 30.2 Å². The number of nitrogens with zero attached hydrogens (tertiary/aromatic N) is 2. The molecule has 6 heteroatoms. The van der Waals surface area contributed by atoms with Crippen molar-refractivity contribution in [3.8, 4) is 0 Å². The predicted octanol–water partition coefficient (Wildman–Crippen LogP) is 6.02. The van der Waals surface area contributed by atoms with Gasteiger partial charge < -0.3 is 5.32 Å². The fourth-order valence-electron chi connectivity index (χ4n) is 4.27. The maximum atomic E-state index is 13.3. The maximum Gasteiger partial charge on any atom is 0.262 e. The summed E-state index contributed by atoms with van der Waals surface area (Å²) < 4.78 is 1.76. The number of anilines is 1. The Morgan fingerprint density at radius 3 is 2.61 bits per heavy atom. The lowest BCUT2D eigenvalue weighted by Crippen LogP contribution is -2.27. The molecule has 1 unspecified atom stereocenters. The van der Waals surface area contributed by atoms with E-state index in [9.17, 15) is 9.59 Å². The number of carbonyl (C=O) groups excluding carboxylic acids is 1. The smallest absolute Gasteiger partial charge is 0.262 e. The first kappa shape index (κ1) is 23.3. The number of fused-ring (bicyclic) bond motifs is 1. The minimum atomic E-state index is -0.405. The average Bonchev–Trinajstić information content (AvgIpc) is 2.82. The molecule has 0 saturated heterocycles. The summed E-state index contributed by atoms with van der Waals surface area (Å²) in [6.45, 7) is 6.42. The van der Waals surface area contributed by atoms with Gasteiger partial charge >= 0.3 is 0 Å². The van der Waals surface area contributed by atoms with E-state index in [0.717, 1.165) is 36.1 Å². The van der Waals surface area contributed by atoms with Crippen LogP contribution >= 0.6 is 11.8 Å². The van der Waals surface area contributed by atoms with Crippen LogP contribution in [0.4, 0.5) is 5.69 Å². The fourth-order valence-corrected chi connectivity index (χ4v) is 5.20. The Balaban J connectivity index is 1.60. The van der Waals surface area contributed by atoms with E-state index >= 15 is 0 Å². The van der Waals surface area contributed by atoms with Crippen molar-refractivity contribution in [1.29, 1.82) is 0 Å². The summed E-state index contributed by atoms with van der Waals surface area (Å²) in [4.78, 5) is 31.2. The summed E-state index contributed by atoms with van der Waals surface area (Å²) in [6, 6.07) is 13.4. The molecule has 5 nitrogen and oxygen atoms in total. The summed E-state index contributed by atoms with van der Waals surface area (Å²) in [5, 5.41) is 3.88. The molecule has 0 spiro atoms. The SMILES string of the molecule is Cc1cccc(C)c1NC(=O)C(C)Sc1nc2ccccc2c(=O)n1CCC1=CCCCC1. The van der Waals surface area contributed by atoms with Crippen molar-refractivity contribution in [3.05, 3.63) is 75.6 Å². The molecule has 33 heavy (non-hydrogen) atoms. The Morgan fingerprint density at radius 1 is 1.12 bits per heavy atom. The van der Waals surface area contributed by atoms with Gasteiger partial charge in [-0.25, -0.2) is 4.98 Å². The van der Waals surface area contributed by atoms with Gasteiger partial charge in [0.05, 0.1) is 16.2 Å². The number of hydrogen-bond donors (Lipinski definition) is 1. The second kappa shape index (κ2) is 10.4. The van der Waals surface area contributed by atoms with Crippen LogP contribution in [0, 0.1) is 13.8 Å². The Labute approximate surface area is 199 Å². The van der Waals surface area contributed by atoms with Crippen LogP contribution < -0.4 is 10.9 Å². The van der Waals surface area contributed by atoms with Crippen molar-refractivity contribution >= 4 is 34.3 Å². The van der Waals surface area contributed by atoms with Crippen LogP contribution in [-0.2, 0) is 11.3 Å². The standard InChI is InChI=1S/C27H31N3O2S/c1-18-10-9-11-19(2)24(18)29-25(31)20(3)33-27-28-23-15-8-7-14-22(23)26(32)30(27)17-16-21-12-5-4-6-13-21/h7-12,14-15,20H,4-6,13,16-17H2,1-3H3,(H,29,31). The van der Waals surface area contributed by atoms with E-state index in [2.05, 4.69) is 11.4 Å². The summed E-state index contributed by atoms with van der Waals surface area (Å²) in [6.07, 6.45) is 7.85. The van der Waals surface area contributed by atoms with Crippen molar-refractivity contribution in [2.75, 3.05) is 5.32 Å². The zero-order chi connectivity index (χ0) is 23.4. The molecule has 0 radical (unpaired) electrons. The van der Waals surface area contributed by atoms with Crippen LogP contribution in [0.2, 0.25) is 0 Å². The van der Waals surface area contributed by atoms with Crippen molar-refractivity contribution in [1.82, 2.24) is 9.55 Å². The first-order valence-electron chi connectivity index (χ1n) is 11.7. The lowest BCUT2D eigenvalue weighted by Gasteiger charge is -2.19. The number of amides is 1. The zero-order valence-corrected chi connectivity index (χ0v) is 20.4. The van der Waals surface area contributed by atoms with Gasteiger partial charge in [0.2, 0.25) is 5.91 Å². The molecule has 3 aromatic rings. The summed E-state index contributed by atoms with van der Waals surface area (Å²) in [7, 11) is 0. The maximum absolute atomic E-state index is 13.3. The molecule has 1 aliphatic rings. The lowest BCUT2D eigenvalue weighted by atomic mass is 9.97. The molecular weight excluding hydrogens is 430 g/mol. The minimum absolute atomic E-state index is 0.0399. The summed E-state index contributed by atoms with van der Waals surface area (Å²) in [5.74, 6) is -0.0960. The Bertz CT molecular complexity index is 1240. The number of thioether (sulfide) groups is 1. The molecule has 1 amide bonds. The summed E-state index contributed by atoms with van der Waals surface area (Å²) in [5.41, 5.74) is 4.95. The van der Waals surface area contributed by atoms with Gasteiger partial charge in [0.15, 0.2) is 5.16 Å². The molecule has 1 aliphatic carbocycles. The highest BCUT2D eigenvalue weighted by molar-refractivity contribution is 8.00. The normalized spacial score (nSPS) is 14.7. The van der Waals surface area contributed by atoms with E-state index in [4.69, 9.17) is 4.98 Å². The third-order valence-electron chi connectivity index (χ3n) is 6.25. The molecule has 0 fully saturated rings. The van der Waals surface area contributed by atoms with Gasteiger partial charge in [-0.15, -0.1) is 0 Å². The minimum Gasteiger partial charge on any atom is -0.325 e. The third kappa shape index (κ3) is 5.38. The van der Waals surface area contributed by atoms with Crippen LogP contribution in [0.3, 0.4) is 0 Å².